The molecule has 0 saturated heterocycles. The highest BCUT2D eigenvalue weighted by Gasteiger charge is 1.99. The lowest BCUT2D eigenvalue weighted by atomic mass is 10.1. The van der Waals surface area contributed by atoms with Crippen molar-refractivity contribution in [3.8, 4) is 11.8 Å². The van der Waals surface area contributed by atoms with Gasteiger partial charge >= 0.3 is 0 Å². The summed E-state index contributed by atoms with van der Waals surface area (Å²) in [4.78, 5) is 0. The van der Waals surface area contributed by atoms with Gasteiger partial charge in [-0.05, 0) is 61.6 Å². The predicted molar refractivity (Wildman–Crippen MR) is 111 cm³/mol. The van der Waals surface area contributed by atoms with E-state index in [-0.39, 0.29) is 5.83 Å². The molecule has 2 aromatic rings. The molecule has 0 amide bonds. The fraction of sp³-hybridized carbons (Fsp3) is 0.360. The van der Waals surface area contributed by atoms with E-state index in [0.717, 1.165) is 36.8 Å². The minimum absolute atomic E-state index is 0.142. The van der Waals surface area contributed by atoms with Gasteiger partial charge in [0, 0.05) is 16.7 Å². The van der Waals surface area contributed by atoms with E-state index in [4.69, 9.17) is 0 Å². The molecule has 0 aromatic heterocycles. The van der Waals surface area contributed by atoms with Crippen LogP contribution < -0.4 is 0 Å². The summed E-state index contributed by atoms with van der Waals surface area (Å²) in [5.74, 6) is 6.20. The summed E-state index contributed by atoms with van der Waals surface area (Å²) in [6, 6.07) is 15.9. The zero-order valence-electron chi connectivity index (χ0n) is 16.0. The lowest BCUT2D eigenvalue weighted by Crippen LogP contribution is -1.85. The van der Waals surface area contributed by atoms with E-state index >= 15 is 0 Å². The Labute approximate surface area is 158 Å². The molecular formula is C25H29F. The van der Waals surface area contributed by atoms with Gasteiger partial charge in [-0.2, -0.15) is 0 Å². The third-order valence-corrected chi connectivity index (χ3v) is 4.42. The van der Waals surface area contributed by atoms with Crippen LogP contribution in [0, 0.1) is 11.8 Å². The topological polar surface area (TPSA) is 0 Å². The summed E-state index contributed by atoms with van der Waals surface area (Å²) in [6.45, 7) is 4.33. The highest BCUT2D eigenvalue weighted by Crippen LogP contribution is 2.18. The van der Waals surface area contributed by atoms with Crippen molar-refractivity contribution in [2.75, 3.05) is 0 Å². The van der Waals surface area contributed by atoms with Crippen LogP contribution in [0.3, 0.4) is 0 Å². The molecule has 0 heterocycles. The molecule has 0 radical (unpaired) electrons. The van der Waals surface area contributed by atoms with E-state index in [9.17, 15) is 4.39 Å². The number of halogens is 1. The van der Waals surface area contributed by atoms with Gasteiger partial charge in [0.2, 0.25) is 0 Å². The molecular weight excluding hydrogens is 319 g/mol. The van der Waals surface area contributed by atoms with E-state index in [0.29, 0.717) is 5.56 Å². The van der Waals surface area contributed by atoms with Crippen LogP contribution in [0.2, 0.25) is 0 Å². The predicted octanol–water partition coefficient (Wildman–Crippen LogP) is 7.32. The maximum absolute atomic E-state index is 14.0. The Hall–Kier alpha value is -2.33. The molecule has 0 bridgehead atoms. The first-order valence-corrected chi connectivity index (χ1v) is 9.80. The quantitative estimate of drug-likeness (QED) is 0.346. The van der Waals surface area contributed by atoms with Crippen LogP contribution in [0.25, 0.3) is 5.83 Å². The second-order valence-corrected chi connectivity index (χ2v) is 6.68. The summed E-state index contributed by atoms with van der Waals surface area (Å²) < 4.78 is 14.0. The molecule has 0 aliphatic carbocycles. The smallest absolute Gasteiger partial charge is 0.126 e. The SMILES string of the molecule is CCCC/C=C(/F)c1ccc(C#Cc2ccc(CCCCC)cc2)cc1. The molecule has 2 rings (SSSR count). The molecule has 0 saturated carbocycles. The average molecular weight is 349 g/mol. The molecule has 0 spiro atoms. The maximum Gasteiger partial charge on any atom is 0.126 e. The molecule has 0 N–H and O–H groups in total. The second kappa shape index (κ2) is 11.3. The molecule has 1 heteroatoms. The molecule has 0 fully saturated rings. The highest BCUT2D eigenvalue weighted by atomic mass is 19.1. The van der Waals surface area contributed by atoms with Gasteiger partial charge in [-0.1, -0.05) is 69.2 Å². The number of rotatable bonds is 8. The molecule has 136 valence electrons. The average Bonchev–Trinajstić information content (AvgIpc) is 2.68. The maximum atomic E-state index is 14.0. The van der Waals surface area contributed by atoms with E-state index < -0.39 is 0 Å². The Morgan fingerprint density at radius 1 is 0.808 bits per heavy atom. The minimum Gasteiger partial charge on any atom is -0.207 e. The van der Waals surface area contributed by atoms with Gasteiger partial charge in [-0.3, -0.25) is 0 Å². The van der Waals surface area contributed by atoms with Gasteiger partial charge in [-0.25, -0.2) is 4.39 Å². The van der Waals surface area contributed by atoms with Crippen LogP contribution in [0.4, 0.5) is 4.39 Å². The van der Waals surface area contributed by atoms with Crippen LogP contribution in [-0.2, 0) is 6.42 Å². The van der Waals surface area contributed by atoms with Gasteiger partial charge in [-0.15, -0.1) is 0 Å². The Morgan fingerprint density at radius 3 is 1.96 bits per heavy atom. The number of hydrogen-bond acceptors (Lipinski definition) is 0. The van der Waals surface area contributed by atoms with E-state index in [1.165, 1.54) is 24.8 Å². The summed E-state index contributed by atoms with van der Waals surface area (Å²) >= 11 is 0. The summed E-state index contributed by atoms with van der Waals surface area (Å²) in [7, 11) is 0. The minimum atomic E-state index is -0.142. The van der Waals surface area contributed by atoms with Crippen LogP contribution in [-0.4, -0.2) is 0 Å². The van der Waals surface area contributed by atoms with Crippen molar-refractivity contribution in [2.24, 2.45) is 0 Å². The van der Waals surface area contributed by atoms with Gasteiger partial charge in [0.15, 0.2) is 0 Å². The Morgan fingerprint density at radius 2 is 1.38 bits per heavy atom. The molecule has 0 nitrogen and oxygen atoms in total. The van der Waals surface area contributed by atoms with Gasteiger partial charge < -0.3 is 0 Å². The second-order valence-electron chi connectivity index (χ2n) is 6.68. The Balaban J connectivity index is 1.96. The zero-order chi connectivity index (χ0) is 18.6. The van der Waals surface area contributed by atoms with Crippen LogP contribution in [0.5, 0.6) is 0 Å². The summed E-state index contributed by atoms with van der Waals surface area (Å²) in [5, 5.41) is 0. The van der Waals surface area contributed by atoms with E-state index in [1.54, 1.807) is 18.2 Å². The molecule has 2 aromatic carbocycles. The third kappa shape index (κ3) is 6.89. The number of aryl methyl sites for hydroxylation is 1. The summed E-state index contributed by atoms with van der Waals surface area (Å²) in [5.41, 5.74) is 3.92. The van der Waals surface area contributed by atoms with Crippen LogP contribution in [0.1, 0.15) is 74.6 Å². The standard InChI is InChI=1S/C25H29F/c1-3-5-7-9-21-11-13-22(14-12-21)15-16-23-17-19-24(20-18-23)25(26)10-8-6-4-2/h10-14,17-20H,3-9H2,1-2H3/b25-10+. The largest absolute Gasteiger partial charge is 0.207 e. The molecule has 0 aliphatic heterocycles. The number of unbranched alkanes of at least 4 members (excludes halogenated alkanes) is 4. The lowest BCUT2D eigenvalue weighted by molar-refractivity contribution is 0.717. The first kappa shape index (κ1) is 20.0. The normalized spacial score (nSPS) is 11.1. The number of allylic oxidation sites excluding steroid dienone is 1. The van der Waals surface area contributed by atoms with Crippen molar-refractivity contribution in [1.29, 1.82) is 0 Å². The fourth-order valence-electron chi connectivity index (χ4n) is 2.74. The van der Waals surface area contributed by atoms with Gasteiger partial charge in [0.25, 0.3) is 0 Å². The van der Waals surface area contributed by atoms with Crippen molar-refractivity contribution in [2.45, 2.75) is 58.8 Å². The third-order valence-electron chi connectivity index (χ3n) is 4.42. The molecule has 0 unspecified atom stereocenters. The van der Waals surface area contributed by atoms with Crippen LogP contribution >= 0.6 is 0 Å². The fourth-order valence-corrected chi connectivity index (χ4v) is 2.74. The van der Waals surface area contributed by atoms with E-state index in [2.05, 4.69) is 50.0 Å². The van der Waals surface area contributed by atoms with Crippen molar-refractivity contribution >= 4 is 5.83 Å². The van der Waals surface area contributed by atoms with Crippen LogP contribution in [0.15, 0.2) is 54.6 Å². The summed E-state index contributed by atoms with van der Waals surface area (Å²) in [6.07, 6.45) is 9.49. The number of benzene rings is 2. The van der Waals surface area contributed by atoms with Gasteiger partial charge in [0.05, 0.1) is 0 Å². The molecule has 0 aliphatic rings. The highest BCUT2D eigenvalue weighted by molar-refractivity contribution is 5.60. The Kier molecular flexibility index (Phi) is 8.70. The first-order valence-electron chi connectivity index (χ1n) is 9.80. The van der Waals surface area contributed by atoms with Crippen molar-refractivity contribution in [1.82, 2.24) is 0 Å². The van der Waals surface area contributed by atoms with Crippen molar-refractivity contribution < 1.29 is 4.39 Å². The Bertz CT molecular complexity index is 739. The number of hydrogen-bond donors (Lipinski definition) is 0. The zero-order valence-corrected chi connectivity index (χ0v) is 16.0. The molecule has 0 atom stereocenters. The lowest BCUT2D eigenvalue weighted by Gasteiger charge is -2.00. The first-order chi connectivity index (χ1) is 12.7. The molecule has 26 heavy (non-hydrogen) atoms. The van der Waals surface area contributed by atoms with Gasteiger partial charge in [0.1, 0.15) is 5.83 Å². The van der Waals surface area contributed by atoms with E-state index in [1.807, 2.05) is 12.1 Å². The van der Waals surface area contributed by atoms with Crippen molar-refractivity contribution in [3.05, 3.63) is 76.9 Å². The monoisotopic (exact) mass is 348 g/mol. The van der Waals surface area contributed by atoms with Crippen molar-refractivity contribution in [3.63, 3.8) is 0 Å².